The van der Waals surface area contributed by atoms with Gasteiger partial charge in [0.15, 0.2) is 0 Å². The van der Waals surface area contributed by atoms with Gasteiger partial charge >= 0.3 is 0 Å². The largest absolute Gasteiger partial charge is 0.489 e. The summed E-state index contributed by atoms with van der Waals surface area (Å²) < 4.78 is 5.98. The first-order chi connectivity index (χ1) is 15.1. The van der Waals surface area contributed by atoms with Gasteiger partial charge in [-0.25, -0.2) is 4.98 Å². The quantitative estimate of drug-likeness (QED) is 0.561. The minimum absolute atomic E-state index is 0.147. The zero-order valence-corrected chi connectivity index (χ0v) is 18.7. The lowest BCUT2D eigenvalue weighted by molar-refractivity contribution is 0.204. The van der Waals surface area contributed by atoms with E-state index in [1.807, 2.05) is 56.6 Å². The highest BCUT2D eigenvalue weighted by Gasteiger charge is 2.22. The number of hydrogen-bond acceptors (Lipinski definition) is 6. The summed E-state index contributed by atoms with van der Waals surface area (Å²) in [6.45, 7) is 2.98. The maximum atomic E-state index is 5.98. The third-order valence-corrected chi connectivity index (χ3v) is 5.84. The molecular weight excluding hydrogens is 386 g/mol. The van der Waals surface area contributed by atoms with E-state index in [4.69, 9.17) is 14.7 Å². The third kappa shape index (κ3) is 5.64. The Balaban J connectivity index is 1.27. The molecule has 1 atom stereocenters. The maximum absolute atomic E-state index is 5.98. The number of rotatable bonds is 8. The van der Waals surface area contributed by atoms with E-state index in [0.717, 1.165) is 60.6 Å². The van der Waals surface area contributed by atoms with Crippen molar-refractivity contribution in [3.63, 3.8) is 0 Å². The zero-order chi connectivity index (χ0) is 21.6. The number of ether oxygens (including phenoxy) is 1. The van der Waals surface area contributed by atoms with Crippen LogP contribution in [0.4, 0.5) is 11.8 Å². The van der Waals surface area contributed by atoms with Gasteiger partial charge in [-0.1, -0.05) is 30.3 Å². The van der Waals surface area contributed by atoms with Gasteiger partial charge in [-0.05, 0) is 56.9 Å². The molecule has 0 radical (unpaired) electrons. The van der Waals surface area contributed by atoms with E-state index in [9.17, 15) is 0 Å². The molecule has 31 heavy (non-hydrogen) atoms. The Kier molecular flexibility index (Phi) is 6.87. The van der Waals surface area contributed by atoms with Crippen molar-refractivity contribution in [2.24, 2.45) is 0 Å². The van der Waals surface area contributed by atoms with E-state index in [1.165, 1.54) is 0 Å². The van der Waals surface area contributed by atoms with Crippen molar-refractivity contribution in [1.82, 2.24) is 15.3 Å². The van der Waals surface area contributed by atoms with Crippen LogP contribution in [0.25, 0.3) is 10.9 Å². The molecule has 1 aliphatic carbocycles. The van der Waals surface area contributed by atoms with E-state index in [1.54, 1.807) is 0 Å². The second kappa shape index (κ2) is 9.96. The summed E-state index contributed by atoms with van der Waals surface area (Å²) in [6, 6.07) is 19.2. The van der Waals surface area contributed by atoms with Gasteiger partial charge in [-0.2, -0.15) is 4.98 Å². The van der Waals surface area contributed by atoms with Gasteiger partial charge in [0.05, 0.1) is 5.52 Å². The zero-order valence-electron chi connectivity index (χ0n) is 18.7. The van der Waals surface area contributed by atoms with Crippen LogP contribution in [0.15, 0.2) is 54.6 Å². The van der Waals surface area contributed by atoms with Gasteiger partial charge in [-0.15, -0.1) is 0 Å². The van der Waals surface area contributed by atoms with Crippen molar-refractivity contribution >= 4 is 22.7 Å². The van der Waals surface area contributed by atoms with Crippen molar-refractivity contribution in [1.29, 1.82) is 0 Å². The minimum atomic E-state index is 0.147. The number of fused-ring (bicyclic) bond motifs is 1. The lowest BCUT2D eigenvalue weighted by Gasteiger charge is -2.30. The van der Waals surface area contributed by atoms with E-state index >= 15 is 0 Å². The molecule has 1 aromatic heterocycles. The predicted octanol–water partition coefficient (Wildman–Crippen LogP) is 4.48. The predicted molar refractivity (Wildman–Crippen MR) is 128 cm³/mol. The fourth-order valence-electron chi connectivity index (χ4n) is 4.20. The monoisotopic (exact) mass is 419 g/mol. The molecule has 4 rings (SSSR count). The molecule has 0 bridgehead atoms. The summed E-state index contributed by atoms with van der Waals surface area (Å²) in [7, 11) is 4.05. The molecule has 1 aliphatic rings. The van der Waals surface area contributed by atoms with Crippen LogP contribution in [0.5, 0.6) is 5.75 Å². The maximum Gasteiger partial charge on any atom is 0.225 e. The Morgan fingerprint density at radius 3 is 2.35 bits per heavy atom. The van der Waals surface area contributed by atoms with Crippen molar-refractivity contribution in [3.8, 4) is 5.75 Å². The first-order valence-corrected chi connectivity index (χ1v) is 11.2. The van der Waals surface area contributed by atoms with Crippen LogP contribution in [-0.2, 0) is 0 Å². The number of benzene rings is 2. The first-order valence-electron chi connectivity index (χ1n) is 11.2. The molecule has 2 N–H and O–H groups in total. The molecule has 0 saturated heterocycles. The molecule has 6 nitrogen and oxygen atoms in total. The van der Waals surface area contributed by atoms with Gasteiger partial charge < -0.3 is 20.3 Å². The number of nitrogens with zero attached hydrogens (tertiary/aromatic N) is 3. The fourth-order valence-corrected chi connectivity index (χ4v) is 4.20. The van der Waals surface area contributed by atoms with Crippen LogP contribution < -0.4 is 20.3 Å². The molecular formula is C25H33N5O. The number of hydrogen-bond donors (Lipinski definition) is 2. The van der Waals surface area contributed by atoms with Gasteiger partial charge in [0.25, 0.3) is 0 Å². The van der Waals surface area contributed by atoms with Crippen molar-refractivity contribution in [2.45, 2.75) is 50.8 Å². The molecule has 6 heteroatoms. The van der Waals surface area contributed by atoms with E-state index < -0.39 is 0 Å². The minimum Gasteiger partial charge on any atom is -0.489 e. The molecule has 1 saturated carbocycles. The highest BCUT2D eigenvalue weighted by molar-refractivity contribution is 5.90. The summed E-state index contributed by atoms with van der Waals surface area (Å²) >= 11 is 0. The van der Waals surface area contributed by atoms with Crippen molar-refractivity contribution in [2.75, 3.05) is 30.9 Å². The standard InChI is InChI=1S/C25H33N5O/c1-18(31-21-9-5-4-6-10-21)17-26-19-13-15-20(16-14-19)27-25-28-23-12-8-7-11-22(23)24(29-25)30(2)3/h4-12,18-20,26H,13-17H2,1-3H3,(H,27,28,29). The summed E-state index contributed by atoms with van der Waals surface area (Å²) in [5.74, 6) is 2.61. The molecule has 2 aromatic carbocycles. The number of anilines is 2. The highest BCUT2D eigenvalue weighted by Crippen LogP contribution is 2.26. The molecule has 1 unspecified atom stereocenters. The van der Waals surface area contributed by atoms with Gasteiger partial charge in [0.2, 0.25) is 5.95 Å². The van der Waals surface area contributed by atoms with Gasteiger partial charge in [0.1, 0.15) is 17.7 Å². The van der Waals surface area contributed by atoms with Gasteiger partial charge in [-0.3, -0.25) is 0 Å². The van der Waals surface area contributed by atoms with Gasteiger partial charge in [0, 0.05) is 38.1 Å². The van der Waals surface area contributed by atoms with E-state index in [-0.39, 0.29) is 6.10 Å². The number of para-hydroxylation sites is 2. The summed E-state index contributed by atoms with van der Waals surface area (Å²) in [5, 5.41) is 8.35. The first kappa shape index (κ1) is 21.4. The van der Waals surface area contributed by atoms with Crippen LogP contribution in [-0.4, -0.2) is 48.8 Å². The average Bonchev–Trinajstić information content (AvgIpc) is 2.78. The van der Waals surface area contributed by atoms with Crippen LogP contribution in [0, 0.1) is 0 Å². The lowest BCUT2D eigenvalue weighted by Crippen LogP contribution is -2.41. The van der Waals surface area contributed by atoms with Crippen LogP contribution in [0.2, 0.25) is 0 Å². The average molecular weight is 420 g/mol. The summed E-state index contributed by atoms with van der Waals surface area (Å²) in [6.07, 6.45) is 4.65. The summed E-state index contributed by atoms with van der Waals surface area (Å²) in [5.41, 5.74) is 0.978. The fraction of sp³-hybridized carbons (Fsp3) is 0.440. The summed E-state index contributed by atoms with van der Waals surface area (Å²) in [4.78, 5) is 11.6. The van der Waals surface area contributed by atoms with Crippen LogP contribution in [0.1, 0.15) is 32.6 Å². The number of nitrogens with one attached hydrogen (secondary N) is 2. The second-order valence-electron chi connectivity index (χ2n) is 8.63. The Morgan fingerprint density at radius 2 is 1.61 bits per heavy atom. The smallest absolute Gasteiger partial charge is 0.225 e. The molecule has 164 valence electrons. The van der Waals surface area contributed by atoms with E-state index in [0.29, 0.717) is 12.1 Å². The van der Waals surface area contributed by atoms with E-state index in [2.05, 4.69) is 34.6 Å². The SMILES string of the molecule is CC(CNC1CCC(Nc2nc(N(C)C)c3ccccc3n2)CC1)Oc1ccccc1. The topological polar surface area (TPSA) is 62.3 Å². The Hall–Kier alpha value is -2.86. The van der Waals surface area contributed by atoms with Crippen LogP contribution >= 0.6 is 0 Å². The van der Waals surface area contributed by atoms with Crippen molar-refractivity contribution in [3.05, 3.63) is 54.6 Å². The third-order valence-electron chi connectivity index (χ3n) is 5.84. The molecule has 1 heterocycles. The lowest BCUT2D eigenvalue weighted by atomic mass is 9.91. The normalized spacial score (nSPS) is 19.7. The number of aromatic nitrogens is 2. The molecule has 3 aromatic rings. The van der Waals surface area contributed by atoms with Crippen molar-refractivity contribution < 1.29 is 4.74 Å². The molecule has 0 spiro atoms. The Bertz CT molecular complexity index is 970. The van der Waals surface area contributed by atoms with Crippen LogP contribution in [0.3, 0.4) is 0 Å². The second-order valence-corrected chi connectivity index (χ2v) is 8.63. The highest BCUT2D eigenvalue weighted by atomic mass is 16.5. The molecule has 0 aliphatic heterocycles. The Morgan fingerprint density at radius 1 is 0.935 bits per heavy atom. The molecule has 1 fully saturated rings. The Labute approximate surface area is 185 Å². The molecule has 0 amide bonds.